The number of nitrogens with zero attached hydrogens (tertiary/aromatic N) is 2. The molecule has 21 heavy (non-hydrogen) atoms. The van der Waals surface area contributed by atoms with Gasteiger partial charge in [-0.25, -0.2) is 14.2 Å². The fraction of sp³-hybridized carbons (Fsp3) is 0.333. The van der Waals surface area contributed by atoms with Crippen LogP contribution in [0, 0.1) is 5.82 Å². The smallest absolute Gasteiger partial charge is 0.358 e. The van der Waals surface area contributed by atoms with Crippen molar-refractivity contribution >= 4 is 11.7 Å². The maximum absolute atomic E-state index is 14.0. The number of carbonyl (C=O) groups excluding carboxylic acids is 1. The molecule has 0 radical (unpaired) electrons. The number of aromatic nitrogens is 2. The number of nitrogen functional groups attached to an aromatic ring is 1. The Morgan fingerprint density at radius 1 is 1.52 bits per heavy atom. The van der Waals surface area contributed by atoms with Crippen molar-refractivity contribution in [3.8, 4) is 0 Å². The number of ether oxygens (including phenoxy) is 1. The first-order chi connectivity index (χ1) is 10.1. The van der Waals surface area contributed by atoms with E-state index >= 15 is 0 Å². The lowest BCUT2D eigenvalue weighted by Crippen LogP contribution is -2.20. The van der Waals surface area contributed by atoms with Crippen LogP contribution in [0.1, 0.15) is 34.1 Å². The molecule has 1 unspecified atom stereocenters. The number of esters is 1. The highest BCUT2D eigenvalue weighted by molar-refractivity contribution is 5.88. The van der Waals surface area contributed by atoms with Crippen LogP contribution in [0.4, 0.5) is 10.1 Å². The molecule has 1 aliphatic heterocycles. The van der Waals surface area contributed by atoms with E-state index in [1.54, 1.807) is 18.5 Å². The van der Waals surface area contributed by atoms with Crippen molar-refractivity contribution in [3.05, 3.63) is 47.3 Å². The lowest BCUT2D eigenvalue weighted by molar-refractivity contribution is 0.0592. The van der Waals surface area contributed by atoms with Crippen molar-refractivity contribution in [1.29, 1.82) is 0 Å². The summed E-state index contributed by atoms with van der Waals surface area (Å²) in [5, 5.41) is 0. The van der Waals surface area contributed by atoms with Crippen LogP contribution in [0.15, 0.2) is 24.5 Å². The summed E-state index contributed by atoms with van der Waals surface area (Å²) in [5.74, 6) is -0.649. The Hall–Kier alpha value is -2.37. The number of anilines is 1. The molecule has 0 fully saturated rings. The van der Waals surface area contributed by atoms with Crippen molar-refractivity contribution in [3.63, 3.8) is 0 Å². The van der Waals surface area contributed by atoms with Gasteiger partial charge in [-0.3, -0.25) is 0 Å². The summed E-state index contributed by atoms with van der Waals surface area (Å²) in [6.45, 7) is 0.583. The van der Waals surface area contributed by atoms with E-state index in [1.807, 2.05) is 4.57 Å². The van der Waals surface area contributed by atoms with Crippen molar-refractivity contribution in [2.45, 2.75) is 25.3 Å². The minimum Gasteiger partial charge on any atom is -0.464 e. The summed E-state index contributed by atoms with van der Waals surface area (Å²) >= 11 is 0. The summed E-state index contributed by atoms with van der Waals surface area (Å²) in [4.78, 5) is 15.7. The average Bonchev–Trinajstić information content (AvgIpc) is 2.92. The lowest BCUT2D eigenvalue weighted by Gasteiger charge is -2.25. The van der Waals surface area contributed by atoms with Crippen LogP contribution >= 0.6 is 0 Å². The second-order valence-electron chi connectivity index (χ2n) is 5.20. The van der Waals surface area contributed by atoms with Crippen LogP contribution in [-0.4, -0.2) is 22.6 Å². The molecule has 0 bridgehead atoms. The predicted octanol–water partition coefficient (Wildman–Crippen LogP) is 2.12. The van der Waals surface area contributed by atoms with Crippen LogP contribution in [-0.2, 0) is 17.7 Å². The van der Waals surface area contributed by atoms with E-state index in [-0.39, 0.29) is 11.7 Å². The normalized spacial score (nSPS) is 17.3. The third kappa shape index (κ3) is 2.37. The third-order valence-electron chi connectivity index (χ3n) is 3.93. The quantitative estimate of drug-likeness (QED) is 0.679. The van der Waals surface area contributed by atoms with Crippen molar-refractivity contribution in [2.75, 3.05) is 12.8 Å². The molecule has 2 heterocycles. The van der Waals surface area contributed by atoms with Gasteiger partial charge in [-0.05, 0) is 36.6 Å². The number of benzene rings is 1. The number of hydrogen-bond acceptors (Lipinski definition) is 4. The lowest BCUT2D eigenvalue weighted by atomic mass is 9.89. The maximum atomic E-state index is 14.0. The number of carbonyl (C=O) groups is 1. The Kier molecular flexibility index (Phi) is 3.37. The Bertz CT molecular complexity index is 696. The first-order valence-electron chi connectivity index (χ1n) is 6.77. The molecule has 3 rings (SSSR count). The Morgan fingerprint density at radius 2 is 2.33 bits per heavy atom. The minimum absolute atomic E-state index is 0.0284. The molecule has 1 atom stereocenters. The first-order valence-corrected chi connectivity index (χ1v) is 6.77. The van der Waals surface area contributed by atoms with Crippen LogP contribution in [0.3, 0.4) is 0 Å². The SMILES string of the molecule is COC(=O)c1ncn2c1CCC(c1cc(N)ccc1F)C2. The summed E-state index contributed by atoms with van der Waals surface area (Å²) < 4.78 is 20.6. The zero-order chi connectivity index (χ0) is 15.0. The number of hydrogen-bond donors (Lipinski definition) is 1. The molecular formula is C15H16FN3O2. The van der Waals surface area contributed by atoms with Crippen LogP contribution < -0.4 is 5.73 Å². The Balaban J connectivity index is 1.90. The second kappa shape index (κ2) is 5.20. The number of fused-ring (bicyclic) bond motifs is 1. The van der Waals surface area contributed by atoms with E-state index in [0.717, 1.165) is 12.1 Å². The van der Waals surface area contributed by atoms with Gasteiger partial charge in [0.15, 0.2) is 5.69 Å². The van der Waals surface area contributed by atoms with Gasteiger partial charge in [0.05, 0.1) is 19.1 Å². The largest absolute Gasteiger partial charge is 0.464 e. The summed E-state index contributed by atoms with van der Waals surface area (Å²) in [7, 11) is 1.34. The molecule has 1 aromatic carbocycles. The van der Waals surface area contributed by atoms with Gasteiger partial charge in [0.1, 0.15) is 5.82 Å². The van der Waals surface area contributed by atoms with Gasteiger partial charge < -0.3 is 15.0 Å². The highest BCUT2D eigenvalue weighted by atomic mass is 19.1. The molecule has 5 nitrogen and oxygen atoms in total. The van der Waals surface area contributed by atoms with Crippen LogP contribution in [0.5, 0.6) is 0 Å². The minimum atomic E-state index is -0.433. The number of halogens is 1. The van der Waals surface area contributed by atoms with Gasteiger partial charge >= 0.3 is 5.97 Å². The van der Waals surface area contributed by atoms with E-state index in [4.69, 9.17) is 10.5 Å². The van der Waals surface area contributed by atoms with Crippen molar-refractivity contribution < 1.29 is 13.9 Å². The van der Waals surface area contributed by atoms with Gasteiger partial charge in [0, 0.05) is 18.2 Å². The molecule has 2 N–H and O–H groups in total. The van der Waals surface area contributed by atoms with E-state index in [1.165, 1.54) is 13.2 Å². The van der Waals surface area contributed by atoms with E-state index in [0.29, 0.717) is 29.9 Å². The van der Waals surface area contributed by atoms with Crippen LogP contribution in [0.25, 0.3) is 0 Å². The predicted molar refractivity (Wildman–Crippen MR) is 75.4 cm³/mol. The highest BCUT2D eigenvalue weighted by Gasteiger charge is 2.27. The Labute approximate surface area is 121 Å². The van der Waals surface area contributed by atoms with Gasteiger partial charge in [-0.2, -0.15) is 0 Å². The van der Waals surface area contributed by atoms with E-state index in [9.17, 15) is 9.18 Å². The highest BCUT2D eigenvalue weighted by Crippen LogP contribution is 2.32. The number of rotatable bonds is 2. The number of imidazole rings is 1. The third-order valence-corrected chi connectivity index (χ3v) is 3.93. The molecule has 0 amide bonds. The van der Waals surface area contributed by atoms with E-state index in [2.05, 4.69) is 4.98 Å². The molecular weight excluding hydrogens is 273 g/mol. The van der Waals surface area contributed by atoms with Crippen molar-refractivity contribution in [1.82, 2.24) is 9.55 Å². The molecule has 0 saturated heterocycles. The molecule has 0 saturated carbocycles. The topological polar surface area (TPSA) is 70.1 Å². The van der Waals surface area contributed by atoms with Gasteiger partial charge in [-0.1, -0.05) is 0 Å². The molecule has 110 valence electrons. The maximum Gasteiger partial charge on any atom is 0.358 e. The van der Waals surface area contributed by atoms with Gasteiger partial charge in [-0.15, -0.1) is 0 Å². The van der Waals surface area contributed by atoms with Crippen LogP contribution in [0.2, 0.25) is 0 Å². The fourth-order valence-corrected chi connectivity index (χ4v) is 2.86. The fourth-order valence-electron chi connectivity index (χ4n) is 2.86. The molecule has 0 aliphatic carbocycles. The van der Waals surface area contributed by atoms with E-state index < -0.39 is 5.97 Å². The summed E-state index contributed by atoms with van der Waals surface area (Å²) in [6.07, 6.45) is 3.01. The average molecular weight is 289 g/mol. The van der Waals surface area contributed by atoms with Gasteiger partial charge in [0.25, 0.3) is 0 Å². The van der Waals surface area contributed by atoms with Crippen molar-refractivity contribution in [2.24, 2.45) is 0 Å². The molecule has 0 spiro atoms. The number of nitrogens with two attached hydrogens (primary N) is 1. The zero-order valence-corrected chi connectivity index (χ0v) is 11.7. The molecule has 6 heteroatoms. The molecule has 2 aromatic rings. The second-order valence-corrected chi connectivity index (χ2v) is 5.20. The standard InChI is InChI=1S/C15H16FN3O2/c1-21-15(20)14-13-5-2-9(7-19(13)8-18-14)11-6-10(17)3-4-12(11)16/h3-4,6,8-9H,2,5,7,17H2,1H3. The molecule has 1 aliphatic rings. The first kappa shape index (κ1) is 13.6. The monoisotopic (exact) mass is 289 g/mol. The van der Waals surface area contributed by atoms with Gasteiger partial charge in [0.2, 0.25) is 0 Å². The summed E-state index contributed by atoms with van der Waals surface area (Å²) in [5.41, 5.74) is 8.12. The molecule has 1 aromatic heterocycles. The zero-order valence-electron chi connectivity index (χ0n) is 11.7. The summed E-state index contributed by atoms with van der Waals surface area (Å²) in [6, 6.07) is 4.64. The number of methoxy groups -OCH3 is 1. The Morgan fingerprint density at radius 3 is 3.10 bits per heavy atom.